The Bertz CT molecular complexity index is 983. The zero-order valence-electron chi connectivity index (χ0n) is 14.8. The summed E-state index contributed by atoms with van der Waals surface area (Å²) in [4.78, 5) is 2.35. The SMILES string of the molecule is O=S1(=O)N(CCN2CC3CC2CN3)c2ccccc2N1c1ccccc1F. The number of halogens is 1. The van der Waals surface area contributed by atoms with Crippen molar-refractivity contribution in [1.82, 2.24) is 10.2 Å². The summed E-state index contributed by atoms with van der Waals surface area (Å²) >= 11 is 0. The van der Waals surface area contributed by atoms with Gasteiger partial charge in [-0.1, -0.05) is 24.3 Å². The molecule has 0 amide bonds. The average molecular weight is 388 g/mol. The molecule has 6 nitrogen and oxygen atoms in total. The largest absolute Gasteiger partial charge is 0.331 e. The Labute approximate surface area is 158 Å². The van der Waals surface area contributed by atoms with Crippen LogP contribution >= 0.6 is 0 Å². The van der Waals surface area contributed by atoms with Crippen molar-refractivity contribution in [2.75, 3.05) is 34.8 Å². The van der Waals surface area contributed by atoms with Gasteiger partial charge in [-0.05, 0) is 30.7 Å². The average Bonchev–Trinajstić information content (AvgIpc) is 3.32. The number of hydrogen-bond donors (Lipinski definition) is 1. The Kier molecular flexibility index (Phi) is 3.89. The molecule has 3 aliphatic rings. The molecule has 3 heterocycles. The van der Waals surface area contributed by atoms with Gasteiger partial charge in [-0.2, -0.15) is 8.42 Å². The van der Waals surface area contributed by atoms with E-state index in [0.29, 0.717) is 36.5 Å². The highest BCUT2D eigenvalue weighted by atomic mass is 32.2. The molecule has 5 rings (SSSR count). The molecule has 0 spiro atoms. The summed E-state index contributed by atoms with van der Waals surface area (Å²) in [7, 11) is -3.88. The van der Waals surface area contributed by atoms with Gasteiger partial charge in [0.2, 0.25) is 0 Å². The predicted octanol–water partition coefficient (Wildman–Crippen LogP) is 2.07. The Morgan fingerprint density at radius 1 is 1.00 bits per heavy atom. The van der Waals surface area contributed by atoms with Crippen molar-refractivity contribution < 1.29 is 12.8 Å². The minimum Gasteiger partial charge on any atom is -0.311 e. The summed E-state index contributed by atoms with van der Waals surface area (Å²) in [6, 6.07) is 14.1. The van der Waals surface area contributed by atoms with Gasteiger partial charge < -0.3 is 5.32 Å². The maximum Gasteiger partial charge on any atom is 0.331 e. The number of piperazine rings is 1. The van der Waals surface area contributed by atoms with Crippen LogP contribution in [0.25, 0.3) is 0 Å². The van der Waals surface area contributed by atoms with Gasteiger partial charge in [0.1, 0.15) is 5.82 Å². The van der Waals surface area contributed by atoms with E-state index in [0.717, 1.165) is 23.8 Å². The van der Waals surface area contributed by atoms with Crippen LogP contribution in [0.2, 0.25) is 0 Å². The first-order chi connectivity index (χ1) is 13.1. The number of nitrogens with zero attached hydrogens (tertiary/aromatic N) is 3. The van der Waals surface area contributed by atoms with Gasteiger partial charge in [-0.15, -0.1) is 0 Å². The fraction of sp³-hybridized carbons (Fsp3) is 0.368. The topological polar surface area (TPSA) is 55.9 Å². The molecule has 2 fully saturated rings. The van der Waals surface area contributed by atoms with E-state index in [1.165, 1.54) is 16.4 Å². The Hall–Kier alpha value is -2.16. The zero-order valence-corrected chi connectivity index (χ0v) is 15.6. The molecule has 2 saturated heterocycles. The Morgan fingerprint density at radius 3 is 2.37 bits per heavy atom. The van der Waals surface area contributed by atoms with Gasteiger partial charge in [0.05, 0.1) is 17.1 Å². The van der Waals surface area contributed by atoms with E-state index in [2.05, 4.69) is 10.2 Å². The van der Waals surface area contributed by atoms with Crippen molar-refractivity contribution in [2.24, 2.45) is 0 Å². The van der Waals surface area contributed by atoms with Gasteiger partial charge in [-0.3, -0.25) is 4.90 Å². The van der Waals surface area contributed by atoms with Gasteiger partial charge in [-0.25, -0.2) is 13.0 Å². The number of anilines is 3. The fourth-order valence-electron chi connectivity index (χ4n) is 4.44. The van der Waals surface area contributed by atoms with Crippen molar-refractivity contribution in [2.45, 2.75) is 18.5 Å². The van der Waals surface area contributed by atoms with E-state index < -0.39 is 16.0 Å². The number of fused-ring (bicyclic) bond motifs is 3. The lowest BCUT2D eigenvalue weighted by Crippen LogP contribution is -2.47. The molecule has 2 atom stereocenters. The monoisotopic (exact) mass is 388 g/mol. The molecule has 0 radical (unpaired) electrons. The van der Waals surface area contributed by atoms with Crippen molar-refractivity contribution in [3.05, 3.63) is 54.3 Å². The molecule has 2 aromatic carbocycles. The molecule has 2 aromatic rings. The van der Waals surface area contributed by atoms with E-state index >= 15 is 0 Å². The summed E-state index contributed by atoms with van der Waals surface area (Å²) in [5.74, 6) is -0.555. The summed E-state index contributed by atoms with van der Waals surface area (Å²) in [6.45, 7) is 2.95. The van der Waals surface area contributed by atoms with Gasteiger partial charge >= 0.3 is 10.2 Å². The zero-order chi connectivity index (χ0) is 18.6. The Morgan fingerprint density at radius 2 is 1.70 bits per heavy atom. The van der Waals surface area contributed by atoms with Gasteiger partial charge in [0.15, 0.2) is 0 Å². The van der Waals surface area contributed by atoms with Crippen LogP contribution in [0.5, 0.6) is 0 Å². The quantitative estimate of drug-likeness (QED) is 0.871. The highest BCUT2D eigenvalue weighted by Gasteiger charge is 2.43. The minimum absolute atomic E-state index is 0.0527. The molecule has 0 saturated carbocycles. The minimum atomic E-state index is -3.88. The van der Waals surface area contributed by atoms with Crippen LogP contribution in [0.1, 0.15) is 6.42 Å². The predicted molar refractivity (Wildman–Crippen MR) is 103 cm³/mol. The molecule has 142 valence electrons. The number of likely N-dealkylation sites (tertiary alicyclic amines) is 1. The molecule has 8 heteroatoms. The maximum absolute atomic E-state index is 14.4. The van der Waals surface area contributed by atoms with E-state index in [9.17, 15) is 12.8 Å². The molecule has 0 aromatic heterocycles. The second kappa shape index (κ2) is 6.19. The van der Waals surface area contributed by atoms with Crippen LogP contribution in [0.15, 0.2) is 48.5 Å². The van der Waals surface area contributed by atoms with E-state index in [1.54, 1.807) is 30.3 Å². The molecule has 3 aliphatic heterocycles. The van der Waals surface area contributed by atoms with Gasteiger partial charge in [0.25, 0.3) is 0 Å². The first-order valence-corrected chi connectivity index (χ1v) is 10.6. The first-order valence-electron chi connectivity index (χ1n) is 9.20. The highest BCUT2D eigenvalue weighted by molar-refractivity contribution is 7.95. The third-order valence-electron chi connectivity index (χ3n) is 5.71. The molecule has 27 heavy (non-hydrogen) atoms. The lowest BCUT2D eigenvalue weighted by Gasteiger charge is -2.29. The van der Waals surface area contributed by atoms with Crippen molar-refractivity contribution >= 4 is 27.3 Å². The Balaban J connectivity index is 1.48. The van der Waals surface area contributed by atoms with Gasteiger partial charge in [0, 0.05) is 38.3 Å². The normalized spacial score (nSPS) is 26.0. The lowest BCUT2D eigenvalue weighted by molar-refractivity contribution is 0.233. The second-order valence-corrected chi connectivity index (χ2v) is 8.98. The molecule has 2 bridgehead atoms. The number of nitrogens with one attached hydrogen (secondary N) is 1. The molecular formula is C19H21FN4O2S. The highest BCUT2D eigenvalue weighted by Crippen LogP contribution is 2.45. The third kappa shape index (κ3) is 2.62. The van der Waals surface area contributed by atoms with E-state index in [-0.39, 0.29) is 5.69 Å². The van der Waals surface area contributed by atoms with Crippen LogP contribution in [0.4, 0.5) is 21.5 Å². The summed E-state index contributed by atoms with van der Waals surface area (Å²) < 4.78 is 43.6. The number of para-hydroxylation sites is 3. The summed E-state index contributed by atoms with van der Waals surface area (Å²) in [5, 5.41) is 3.46. The summed E-state index contributed by atoms with van der Waals surface area (Å²) in [6.07, 6.45) is 1.13. The lowest BCUT2D eigenvalue weighted by atomic mass is 10.2. The van der Waals surface area contributed by atoms with E-state index in [1.807, 2.05) is 6.07 Å². The standard InChI is InChI=1S/C19H21FN4O2S/c20-16-5-1-2-6-17(16)24-19-8-4-3-7-18(19)23(27(24,25)26)10-9-22-13-14-11-15(22)12-21-14/h1-8,14-15,21H,9-13H2. The van der Waals surface area contributed by atoms with Crippen LogP contribution < -0.4 is 13.9 Å². The first kappa shape index (κ1) is 17.0. The van der Waals surface area contributed by atoms with E-state index in [4.69, 9.17) is 0 Å². The van der Waals surface area contributed by atoms with Crippen molar-refractivity contribution in [3.63, 3.8) is 0 Å². The number of hydrogen-bond acceptors (Lipinski definition) is 4. The number of benzene rings is 2. The smallest absolute Gasteiger partial charge is 0.311 e. The third-order valence-corrected chi connectivity index (χ3v) is 7.50. The molecule has 1 N–H and O–H groups in total. The van der Waals surface area contributed by atoms with Crippen molar-refractivity contribution in [1.29, 1.82) is 0 Å². The van der Waals surface area contributed by atoms with Crippen LogP contribution in [0, 0.1) is 5.82 Å². The molecular weight excluding hydrogens is 367 g/mol. The maximum atomic E-state index is 14.4. The van der Waals surface area contributed by atoms with Crippen molar-refractivity contribution in [3.8, 4) is 0 Å². The molecule has 0 aliphatic carbocycles. The van der Waals surface area contributed by atoms with Crippen LogP contribution in [-0.4, -0.2) is 51.6 Å². The fourth-order valence-corrected chi connectivity index (χ4v) is 6.15. The number of rotatable bonds is 4. The van der Waals surface area contributed by atoms with Crippen LogP contribution in [-0.2, 0) is 10.2 Å². The second-order valence-electron chi connectivity index (χ2n) is 7.27. The van der Waals surface area contributed by atoms with Crippen LogP contribution in [0.3, 0.4) is 0 Å². The molecule has 2 unspecified atom stereocenters. The summed E-state index contributed by atoms with van der Waals surface area (Å²) in [5.41, 5.74) is 1.15.